The summed E-state index contributed by atoms with van der Waals surface area (Å²) in [4.78, 5) is 29.7. The molecular formula is C13H17BrN6O3S2. The van der Waals surface area contributed by atoms with Gasteiger partial charge >= 0.3 is 5.97 Å². The fourth-order valence-electron chi connectivity index (χ4n) is 2.53. The number of thioether (sulfide) groups is 2. The van der Waals surface area contributed by atoms with Crippen LogP contribution in [0.5, 0.6) is 0 Å². The summed E-state index contributed by atoms with van der Waals surface area (Å²) in [5, 5.41) is 21.1. The minimum atomic E-state index is -1.09. The molecule has 9 nitrogen and oxygen atoms in total. The van der Waals surface area contributed by atoms with E-state index in [9.17, 15) is 14.7 Å². The highest BCUT2D eigenvalue weighted by molar-refractivity contribution is 8.93. The molecule has 1 N–H and O–H groups in total. The van der Waals surface area contributed by atoms with Crippen molar-refractivity contribution in [2.45, 2.75) is 30.4 Å². The van der Waals surface area contributed by atoms with Gasteiger partial charge in [0.25, 0.3) is 5.91 Å². The number of halogens is 1. The number of β-lactam (4-membered cyclic amide) rings is 1. The van der Waals surface area contributed by atoms with Gasteiger partial charge in [0.05, 0.1) is 0 Å². The second-order valence-corrected chi connectivity index (χ2v) is 7.61. The number of carbonyl (C=O) groups excluding carboxylic acids is 1. The molecule has 0 spiro atoms. The molecule has 1 unspecified atom stereocenters. The molecule has 3 heterocycles. The SMILES string of the molecule is Br.CC(C)=NC1C(=O)N2C(C(=O)O)=C(CSc3nnnn3C)CS[C@@H]12. The van der Waals surface area contributed by atoms with Gasteiger partial charge in [0.15, 0.2) is 6.04 Å². The van der Waals surface area contributed by atoms with Crippen LogP contribution in [-0.4, -0.2) is 70.7 Å². The van der Waals surface area contributed by atoms with Crippen LogP contribution in [0.1, 0.15) is 13.8 Å². The average molecular weight is 449 g/mol. The fourth-order valence-corrected chi connectivity index (χ4v) is 4.85. The lowest BCUT2D eigenvalue weighted by molar-refractivity contribution is -0.147. The van der Waals surface area contributed by atoms with Gasteiger partial charge in [-0.25, -0.2) is 9.48 Å². The van der Waals surface area contributed by atoms with E-state index >= 15 is 0 Å². The number of fused-ring (bicyclic) bond motifs is 1. The van der Waals surface area contributed by atoms with Crippen molar-refractivity contribution < 1.29 is 14.7 Å². The highest BCUT2D eigenvalue weighted by atomic mass is 79.9. The summed E-state index contributed by atoms with van der Waals surface area (Å²) >= 11 is 2.89. The second-order valence-electron chi connectivity index (χ2n) is 5.56. The standard InChI is InChI=1S/C13H16N6O3S2.BrH/c1-6(2)14-8-10(20)19-9(12(21)22)7(4-23-11(8)19)5-24-13-15-16-17-18(13)3;/h8,11H,4-5H2,1-3H3,(H,21,22);1H/t8?,11-;/m0./s1. The molecule has 2 atom stereocenters. The number of aliphatic carboxylic acids is 1. The molecule has 1 aromatic rings. The van der Waals surface area contributed by atoms with E-state index in [4.69, 9.17) is 0 Å². The van der Waals surface area contributed by atoms with Crippen LogP contribution >= 0.6 is 40.5 Å². The highest BCUT2D eigenvalue weighted by Gasteiger charge is 2.53. The number of tetrazole rings is 1. The number of nitrogens with zero attached hydrogens (tertiary/aromatic N) is 6. The van der Waals surface area contributed by atoms with Crippen LogP contribution < -0.4 is 0 Å². The Morgan fingerprint density at radius 1 is 1.48 bits per heavy atom. The Hall–Kier alpha value is -1.40. The number of carboxylic acids is 1. The van der Waals surface area contributed by atoms with Gasteiger partial charge in [0, 0.05) is 24.3 Å². The monoisotopic (exact) mass is 448 g/mol. The summed E-state index contributed by atoms with van der Waals surface area (Å²) in [6, 6.07) is -0.480. The number of aliphatic imine (C=N–C) groups is 1. The van der Waals surface area contributed by atoms with Crippen LogP contribution in [0, 0.1) is 0 Å². The lowest BCUT2D eigenvalue weighted by Gasteiger charge is -2.48. The van der Waals surface area contributed by atoms with Crippen molar-refractivity contribution in [3.63, 3.8) is 0 Å². The van der Waals surface area contributed by atoms with Crippen molar-refractivity contribution in [1.29, 1.82) is 0 Å². The quantitative estimate of drug-likeness (QED) is 0.402. The summed E-state index contributed by atoms with van der Waals surface area (Å²) in [5.41, 5.74) is 1.58. The van der Waals surface area contributed by atoms with Gasteiger partial charge in [-0.05, 0) is 29.8 Å². The van der Waals surface area contributed by atoms with Crippen LogP contribution in [0.4, 0.5) is 0 Å². The molecule has 25 heavy (non-hydrogen) atoms. The largest absolute Gasteiger partial charge is 0.477 e. The molecule has 1 fully saturated rings. The van der Waals surface area contributed by atoms with Crippen molar-refractivity contribution in [3.8, 4) is 0 Å². The smallest absolute Gasteiger partial charge is 0.352 e. The van der Waals surface area contributed by atoms with E-state index in [1.54, 1.807) is 18.8 Å². The third-order valence-corrected chi connectivity index (χ3v) is 6.00. The van der Waals surface area contributed by atoms with E-state index < -0.39 is 12.0 Å². The third kappa shape index (κ3) is 3.75. The first kappa shape index (κ1) is 19.9. The zero-order valence-electron chi connectivity index (χ0n) is 13.7. The van der Waals surface area contributed by atoms with Crippen LogP contribution in [-0.2, 0) is 16.6 Å². The minimum absolute atomic E-state index is 0. The normalized spacial score (nSPS) is 22.0. The maximum absolute atomic E-state index is 12.3. The van der Waals surface area contributed by atoms with Gasteiger partial charge in [-0.1, -0.05) is 11.8 Å². The molecule has 2 aliphatic rings. The van der Waals surface area contributed by atoms with Crippen LogP contribution in [0.25, 0.3) is 0 Å². The maximum atomic E-state index is 12.3. The number of rotatable bonds is 5. The molecule has 1 amide bonds. The first-order chi connectivity index (χ1) is 11.4. The number of carboxylic acid groups (broad SMARTS) is 1. The van der Waals surface area contributed by atoms with Gasteiger partial charge in [-0.3, -0.25) is 14.7 Å². The van der Waals surface area contributed by atoms with Gasteiger partial charge in [-0.2, -0.15) is 0 Å². The average Bonchev–Trinajstić information content (AvgIpc) is 2.94. The highest BCUT2D eigenvalue weighted by Crippen LogP contribution is 2.42. The third-order valence-electron chi connectivity index (χ3n) is 3.58. The predicted molar refractivity (Wildman–Crippen MR) is 100 cm³/mol. The summed E-state index contributed by atoms with van der Waals surface area (Å²) in [7, 11) is 1.72. The molecule has 0 saturated carbocycles. The molecule has 3 rings (SSSR count). The van der Waals surface area contributed by atoms with E-state index in [-0.39, 0.29) is 34.0 Å². The zero-order chi connectivity index (χ0) is 17.4. The predicted octanol–water partition coefficient (Wildman–Crippen LogP) is 0.983. The Morgan fingerprint density at radius 2 is 2.20 bits per heavy atom. The van der Waals surface area contributed by atoms with Crippen molar-refractivity contribution in [3.05, 3.63) is 11.3 Å². The van der Waals surface area contributed by atoms with Gasteiger partial charge in [0.2, 0.25) is 5.16 Å². The zero-order valence-corrected chi connectivity index (χ0v) is 17.1. The molecule has 0 bridgehead atoms. The van der Waals surface area contributed by atoms with E-state index in [1.807, 2.05) is 13.8 Å². The van der Waals surface area contributed by atoms with Crippen LogP contribution in [0.2, 0.25) is 0 Å². The first-order valence-electron chi connectivity index (χ1n) is 7.16. The Balaban J connectivity index is 0.00000225. The Kier molecular flexibility index (Phi) is 6.27. The topological polar surface area (TPSA) is 114 Å². The molecular weight excluding hydrogens is 432 g/mol. The maximum Gasteiger partial charge on any atom is 0.352 e. The van der Waals surface area contributed by atoms with E-state index in [2.05, 4.69) is 20.5 Å². The lowest BCUT2D eigenvalue weighted by atomic mass is 10.0. The van der Waals surface area contributed by atoms with E-state index in [0.29, 0.717) is 22.2 Å². The molecule has 0 aliphatic carbocycles. The summed E-state index contributed by atoms with van der Waals surface area (Å²) < 4.78 is 1.52. The van der Waals surface area contributed by atoms with Crippen molar-refractivity contribution in [2.75, 3.05) is 11.5 Å². The Labute approximate surface area is 163 Å². The number of aromatic nitrogens is 4. The molecule has 0 radical (unpaired) electrons. The van der Waals surface area contributed by atoms with Crippen molar-refractivity contribution in [2.24, 2.45) is 12.0 Å². The second kappa shape index (κ2) is 7.87. The lowest BCUT2D eigenvalue weighted by Crippen LogP contribution is -2.64. The molecule has 136 valence electrons. The van der Waals surface area contributed by atoms with Gasteiger partial charge in [-0.15, -0.1) is 33.8 Å². The number of carbonyl (C=O) groups is 2. The number of amides is 1. The van der Waals surface area contributed by atoms with E-state index in [1.165, 1.54) is 21.3 Å². The molecule has 2 aliphatic heterocycles. The fraction of sp³-hybridized carbons (Fsp3) is 0.538. The minimum Gasteiger partial charge on any atom is -0.477 e. The Morgan fingerprint density at radius 3 is 2.76 bits per heavy atom. The number of hydrogen-bond donors (Lipinski definition) is 1. The van der Waals surface area contributed by atoms with Gasteiger partial charge < -0.3 is 5.11 Å². The van der Waals surface area contributed by atoms with Crippen LogP contribution in [0.3, 0.4) is 0 Å². The molecule has 1 aromatic heterocycles. The first-order valence-corrected chi connectivity index (χ1v) is 9.19. The van der Waals surface area contributed by atoms with Gasteiger partial charge in [0.1, 0.15) is 11.1 Å². The number of aryl methyl sites for hydroxylation is 1. The summed E-state index contributed by atoms with van der Waals surface area (Å²) in [6.07, 6.45) is 0. The molecule has 1 saturated heterocycles. The van der Waals surface area contributed by atoms with Crippen LogP contribution in [0.15, 0.2) is 21.4 Å². The Bertz CT molecular complexity index is 761. The van der Waals surface area contributed by atoms with Crippen molar-refractivity contribution >= 4 is 58.1 Å². The number of hydrogen-bond acceptors (Lipinski definition) is 8. The summed E-state index contributed by atoms with van der Waals surface area (Å²) in [6.45, 7) is 3.66. The molecule has 12 heteroatoms. The van der Waals surface area contributed by atoms with E-state index in [0.717, 1.165) is 5.71 Å². The van der Waals surface area contributed by atoms with Crippen molar-refractivity contribution in [1.82, 2.24) is 25.1 Å². The summed E-state index contributed by atoms with van der Waals surface area (Å²) in [5.74, 6) is -0.381. The molecule has 0 aromatic carbocycles.